The number of hydrogen-bond donors (Lipinski definition) is 2. The summed E-state index contributed by atoms with van der Waals surface area (Å²) in [4.78, 5) is 19.4. The number of anilines is 1. The first-order valence-electron chi connectivity index (χ1n) is 6.52. The smallest absolute Gasteiger partial charge is 0.270 e. The van der Waals surface area contributed by atoms with Gasteiger partial charge in [0.2, 0.25) is 0 Å². The van der Waals surface area contributed by atoms with Crippen LogP contribution in [-0.2, 0) is 0 Å². The number of piperazine rings is 1. The van der Waals surface area contributed by atoms with E-state index >= 15 is 0 Å². The van der Waals surface area contributed by atoms with E-state index in [1.54, 1.807) is 12.3 Å². The van der Waals surface area contributed by atoms with Crippen LogP contribution in [0, 0.1) is 5.92 Å². The molecule has 0 saturated carbocycles. The zero-order valence-corrected chi connectivity index (χ0v) is 11.1. The number of aromatic amines is 1. The van der Waals surface area contributed by atoms with E-state index in [2.05, 4.69) is 23.7 Å². The summed E-state index contributed by atoms with van der Waals surface area (Å²) < 4.78 is 0. The highest BCUT2D eigenvalue weighted by atomic mass is 16.2. The van der Waals surface area contributed by atoms with Gasteiger partial charge in [0.25, 0.3) is 5.91 Å². The largest absolute Gasteiger partial charge is 0.397 e. The molecule has 1 aliphatic rings. The van der Waals surface area contributed by atoms with Crippen LogP contribution < -0.4 is 5.73 Å². The van der Waals surface area contributed by atoms with Crippen molar-refractivity contribution in [3.63, 3.8) is 0 Å². The zero-order chi connectivity index (χ0) is 13.1. The Hall–Kier alpha value is -1.49. The van der Waals surface area contributed by atoms with Gasteiger partial charge in [0.1, 0.15) is 5.69 Å². The fourth-order valence-corrected chi connectivity index (χ4v) is 2.35. The van der Waals surface area contributed by atoms with Crippen LogP contribution >= 0.6 is 0 Å². The number of aromatic nitrogens is 1. The van der Waals surface area contributed by atoms with Crippen LogP contribution in [0.3, 0.4) is 0 Å². The third-order valence-electron chi connectivity index (χ3n) is 3.22. The maximum Gasteiger partial charge on any atom is 0.270 e. The third-order valence-corrected chi connectivity index (χ3v) is 3.22. The van der Waals surface area contributed by atoms with Crippen LogP contribution in [0.5, 0.6) is 0 Å². The van der Waals surface area contributed by atoms with E-state index in [1.807, 2.05) is 4.90 Å². The van der Waals surface area contributed by atoms with Gasteiger partial charge in [-0.05, 0) is 12.0 Å². The summed E-state index contributed by atoms with van der Waals surface area (Å²) in [6, 6.07) is 1.70. The molecule has 1 aliphatic heterocycles. The van der Waals surface area contributed by atoms with Gasteiger partial charge in [0, 0.05) is 44.6 Å². The lowest BCUT2D eigenvalue weighted by Crippen LogP contribution is -2.49. The summed E-state index contributed by atoms with van der Waals surface area (Å²) in [5, 5.41) is 0. The summed E-state index contributed by atoms with van der Waals surface area (Å²) in [7, 11) is 0. The van der Waals surface area contributed by atoms with E-state index in [9.17, 15) is 4.79 Å². The van der Waals surface area contributed by atoms with E-state index in [0.29, 0.717) is 17.3 Å². The molecule has 5 heteroatoms. The van der Waals surface area contributed by atoms with E-state index in [0.717, 1.165) is 32.7 Å². The maximum absolute atomic E-state index is 12.2. The molecule has 5 nitrogen and oxygen atoms in total. The number of rotatable bonds is 3. The minimum Gasteiger partial charge on any atom is -0.397 e. The van der Waals surface area contributed by atoms with Crippen LogP contribution in [0.4, 0.5) is 5.69 Å². The lowest BCUT2D eigenvalue weighted by Gasteiger charge is -2.35. The molecule has 2 rings (SSSR count). The Morgan fingerprint density at radius 1 is 1.39 bits per heavy atom. The molecule has 1 saturated heterocycles. The lowest BCUT2D eigenvalue weighted by molar-refractivity contribution is 0.0619. The first-order valence-corrected chi connectivity index (χ1v) is 6.52. The zero-order valence-electron chi connectivity index (χ0n) is 11.1. The van der Waals surface area contributed by atoms with Crippen molar-refractivity contribution in [1.82, 2.24) is 14.8 Å². The summed E-state index contributed by atoms with van der Waals surface area (Å²) in [5.41, 5.74) is 6.81. The van der Waals surface area contributed by atoms with Crippen LogP contribution in [0.25, 0.3) is 0 Å². The van der Waals surface area contributed by atoms with E-state index in [1.165, 1.54) is 0 Å². The molecule has 0 aliphatic carbocycles. The Balaban J connectivity index is 1.88. The van der Waals surface area contributed by atoms with Crippen molar-refractivity contribution in [3.8, 4) is 0 Å². The fourth-order valence-electron chi connectivity index (χ4n) is 2.35. The van der Waals surface area contributed by atoms with Crippen LogP contribution in [0.1, 0.15) is 24.3 Å². The van der Waals surface area contributed by atoms with Gasteiger partial charge in [-0.25, -0.2) is 0 Å². The number of hydrogen-bond acceptors (Lipinski definition) is 3. The Labute approximate surface area is 108 Å². The van der Waals surface area contributed by atoms with Gasteiger partial charge < -0.3 is 15.6 Å². The number of nitrogens with one attached hydrogen (secondary N) is 1. The van der Waals surface area contributed by atoms with Crippen LogP contribution in [0.2, 0.25) is 0 Å². The molecule has 1 aromatic rings. The van der Waals surface area contributed by atoms with Gasteiger partial charge in [-0.15, -0.1) is 0 Å². The van der Waals surface area contributed by atoms with Crippen molar-refractivity contribution in [2.45, 2.75) is 13.8 Å². The molecule has 0 atom stereocenters. The summed E-state index contributed by atoms with van der Waals surface area (Å²) >= 11 is 0. The summed E-state index contributed by atoms with van der Waals surface area (Å²) in [6.07, 6.45) is 1.66. The molecule has 3 N–H and O–H groups in total. The normalized spacial score (nSPS) is 17.4. The van der Waals surface area contributed by atoms with Gasteiger partial charge in [-0.1, -0.05) is 13.8 Å². The molecule has 0 spiro atoms. The SMILES string of the molecule is CC(C)CN1CCN(C(=O)c2cc(N)c[nH]2)CC1. The predicted molar refractivity (Wildman–Crippen MR) is 72.4 cm³/mol. The second kappa shape index (κ2) is 5.44. The van der Waals surface area contributed by atoms with Gasteiger partial charge in [0.15, 0.2) is 0 Å². The minimum absolute atomic E-state index is 0.0518. The van der Waals surface area contributed by atoms with Gasteiger partial charge in [0.05, 0.1) is 0 Å². The Morgan fingerprint density at radius 2 is 2.06 bits per heavy atom. The monoisotopic (exact) mass is 250 g/mol. The van der Waals surface area contributed by atoms with Crippen molar-refractivity contribution in [3.05, 3.63) is 18.0 Å². The topological polar surface area (TPSA) is 65.4 Å². The number of nitrogens with zero attached hydrogens (tertiary/aromatic N) is 2. The first-order chi connectivity index (χ1) is 8.56. The van der Waals surface area contributed by atoms with Crippen molar-refractivity contribution in [1.29, 1.82) is 0 Å². The molecular formula is C13H22N4O. The molecule has 0 bridgehead atoms. The Morgan fingerprint density at radius 3 is 2.56 bits per heavy atom. The number of amides is 1. The van der Waals surface area contributed by atoms with Crippen molar-refractivity contribution >= 4 is 11.6 Å². The molecular weight excluding hydrogens is 228 g/mol. The van der Waals surface area contributed by atoms with Gasteiger partial charge in [-0.3, -0.25) is 9.69 Å². The van der Waals surface area contributed by atoms with E-state index in [4.69, 9.17) is 5.73 Å². The molecule has 100 valence electrons. The van der Waals surface area contributed by atoms with E-state index in [-0.39, 0.29) is 5.91 Å². The Bertz CT molecular complexity index is 405. The third kappa shape index (κ3) is 3.04. The Kier molecular flexibility index (Phi) is 3.91. The highest BCUT2D eigenvalue weighted by Gasteiger charge is 2.22. The number of carbonyl (C=O) groups is 1. The second-order valence-corrected chi connectivity index (χ2v) is 5.33. The number of nitrogen functional groups attached to an aromatic ring is 1. The number of nitrogens with two attached hydrogens (primary N) is 1. The maximum atomic E-state index is 12.2. The average Bonchev–Trinajstić information content (AvgIpc) is 2.75. The molecule has 0 unspecified atom stereocenters. The standard InChI is InChI=1S/C13H22N4O/c1-10(2)9-16-3-5-17(6-4-16)13(18)12-7-11(14)8-15-12/h7-8,10,15H,3-6,9,14H2,1-2H3. The van der Waals surface area contributed by atoms with Crippen molar-refractivity contribution < 1.29 is 4.79 Å². The molecule has 0 aromatic carbocycles. The molecule has 0 radical (unpaired) electrons. The van der Waals surface area contributed by atoms with Crippen LogP contribution in [-0.4, -0.2) is 53.4 Å². The summed E-state index contributed by atoms with van der Waals surface area (Å²) in [6.45, 7) is 9.06. The molecule has 18 heavy (non-hydrogen) atoms. The average molecular weight is 250 g/mol. The molecule has 1 aromatic heterocycles. The highest BCUT2D eigenvalue weighted by molar-refractivity contribution is 5.93. The second-order valence-electron chi connectivity index (χ2n) is 5.33. The van der Waals surface area contributed by atoms with Crippen LogP contribution in [0.15, 0.2) is 12.3 Å². The van der Waals surface area contributed by atoms with Gasteiger partial charge >= 0.3 is 0 Å². The van der Waals surface area contributed by atoms with E-state index < -0.39 is 0 Å². The quantitative estimate of drug-likeness (QED) is 0.841. The highest BCUT2D eigenvalue weighted by Crippen LogP contribution is 2.11. The molecule has 1 amide bonds. The first kappa shape index (κ1) is 13.0. The lowest BCUT2D eigenvalue weighted by atomic mass is 10.2. The minimum atomic E-state index is 0.0518. The summed E-state index contributed by atoms with van der Waals surface area (Å²) in [5.74, 6) is 0.728. The van der Waals surface area contributed by atoms with Crippen molar-refractivity contribution in [2.75, 3.05) is 38.5 Å². The predicted octanol–water partition coefficient (Wildman–Crippen LogP) is 1.01. The van der Waals surface area contributed by atoms with Gasteiger partial charge in [-0.2, -0.15) is 0 Å². The number of carbonyl (C=O) groups excluding carboxylic acids is 1. The molecule has 1 fully saturated rings. The molecule has 2 heterocycles. The number of H-pyrrole nitrogens is 1. The fraction of sp³-hybridized carbons (Fsp3) is 0.615. The van der Waals surface area contributed by atoms with Crippen molar-refractivity contribution in [2.24, 2.45) is 5.92 Å².